The molecule has 1 saturated carbocycles. The Labute approximate surface area is 157 Å². The Balaban J connectivity index is 1.64. The molecule has 1 saturated heterocycles. The van der Waals surface area contributed by atoms with Crippen LogP contribution in [0.15, 0.2) is 48.0 Å². The van der Waals surface area contributed by atoms with Gasteiger partial charge in [-0.1, -0.05) is 6.58 Å². The molecule has 0 unspecified atom stereocenters. The van der Waals surface area contributed by atoms with Crippen LogP contribution in [0.2, 0.25) is 0 Å². The molecule has 7 heteroatoms. The summed E-state index contributed by atoms with van der Waals surface area (Å²) in [5.41, 5.74) is 2.50. The maximum atomic E-state index is 12.6. The molecule has 1 aliphatic heterocycles. The average Bonchev–Trinajstić information content (AvgIpc) is 3.49. The van der Waals surface area contributed by atoms with E-state index in [0.717, 1.165) is 29.8 Å². The van der Waals surface area contributed by atoms with Gasteiger partial charge in [0.2, 0.25) is 5.91 Å². The van der Waals surface area contributed by atoms with Crippen LogP contribution in [0.1, 0.15) is 12.8 Å². The van der Waals surface area contributed by atoms with E-state index in [0.29, 0.717) is 24.8 Å². The van der Waals surface area contributed by atoms with Crippen LogP contribution in [0, 0.1) is 0 Å². The van der Waals surface area contributed by atoms with Crippen LogP contribution in [0.25, 0.3) is 11.1 Å². The Hall–Kier alpha value is -3.09. The van der Waals surface area contributed by atoms with Crippen LogP contribution in [0.4, 0.5) is 11.5 Å². The number of pyridine rings is 2. The number of likely N-dealkylation sites (tertiary alicyclic amines) is 1. The summed E-state index contributed by atoms with van der Waals surface area (Å²) in [4.78, 5) is 35.4. The number of nitrogens with one attached hydrogen (secondary N) is 2. The summed E-state index contributed by atoms with van der Waals surface area (Å²) in [6.07, 6.45) is 6.98. The third-order valence-corrected chi connectivity index (χ3v) is 5.19. The van der Waals surface area contributed by atoms with Crippen molar-refractivity contribution >= 4 is 17.4 Å². The zero-order chi connectivity index (χ0) is 19.0. The van der Waals surface area contributed by atoms with Crippen molar-refractivity contribution in [2.45, 2.75) is 24.9 Å². The molecule has 2 aromatic heterocycles. The molecule has 0 bridgehead atoms. The minimum Gasteiger partial charge on any atom is -0.373 e. The third-order valence-electron chi connectivity index (χ3n) is 5.19. The zero-order valence-electron chi connectivity index (χ0n) is 15.3. The van der Waals surface area contributed by atoms with Crippen molar-refractivity contribution in [2.24, 2.45) is 0 Å². The van der Waals surface area contributed by atoms with Gasteiger partial charge in [0.15, 0.2) is 0 Å². The Bertz CT molecular complexity index is 928. The predicted octanol–water partition coefficient (Wildman–Crippen LogP) is 1.84. The number of aromatic amines is 1. The topological polar surface area (TPSA) is 81.3 Å². The molecule has 1 aliphatic carbocycles. The molecule has 0 radical (unpaired) electrons. The molecule has 2 aliphatic rings. The molecule has 0 aromatic carbocycles. The summed E-state index contributed by atoms with van der Waals surface area (Å²) >= 11 is 0. The molecule has 3 heterocycles. The zero-order valence-corrected chi connectivity index (χ0v) is 15.3. The normalized spacial score (nSPS) is 16.6. The Morgan fingerprint density at radius 3 is 2.78 bits per heavy atom. The van der Waals surface area contributed by atoms with E-state index < -0.39 is 0 Å². The number of hydrogen-bond acceptors (Lipinski definition) is 5. The summed E-state index contributed by atoms with van der Waals surface area (Å²) in [6.45, 7) is 4.80. The lowest BCUT2D eigenvalue weighted by Crippen LogP contribution is -2.62. The van der Waals surface area contributed by atoms with E-state index in [4.69, 9.17) is 0 Å². The van der Waals surface area contributed by atoms with E-state index >= 15 is 0 Å². The predicted molar refractivity (Wildman–Crippen MR) is 106 cm³/mol. The molecule has 7 nitrogen and oxygen atoms in total. The van der Waals surface area contributed by atoms with Gasteiger partial charge < -0.3 is 20.1 Å². The van der Waals surface area contributed by atoms with Gasteiger partial charge in [-0.15, -0.1) is 0 Å². The molecular formula is C20H23N5O2. The highest BCUT2D eigenvalue weighted by molar-refractivity contribution is 5.88. The number of aromatic nitrogens is 2. The Morgan fingerprint density at radius 2 is 2.11 bits per heavy atom. The molecule has 0 atom stereocenters. The quantitative estimate of drug-likeness (QED) is 0.764. The fourth-order valence-corrected chi connectivity index (χ4v) is 3.56. The standard InChI is InChI=1S/C20H23N5O2/c1-3-19(26)24-11-16(12-24)25(15-4-5-15)17-8-14(10-23-20(17)27)13-6-7-22-18(9-13)21-2/h3,6-10,15-16H,1,4-5,11-12H2,2H3,(H,21,22)(H,23,27). The van der Waals surface area contributed by atoms with Crippen molar-refractivity contribution in [3.8, 4) is 11.1 Å². The van der Waals surface area contributed by atoms with Crippen LogP contribution >= 0.6 is 0 Å². The number of hydrogen-bond donors (Lipinski definition) is 2. The minimum absolute atomic E-state index is 0.0546. The van der Waals surface area contributed by atoms with Gasteiger partial charge in [-0.05, 0) is 42.7 Å². The smallest absolute Gasteiger partial charge is 0.271 e. The van der Waals surface area contributed by atoms with Crippen LogP contribution in [0.3, 0.4) is 0 Å². The molecule has 27 heavy (non-hydrogen) atoms. The van der Waals surface area contributed by atoms with Gasteiger partial charge in [0.05, 0.1) is 6.04 Å². The fraction of sp³-hybridized carbons (Fsp3) is 0.350. The number of anilines is 2. The van der Waals surface area contributed by atoms with E-state index in [2.05, 4.69) is 26.8 Å². The van der Waals surface area contributed by atoms with Gasteiger partial charge in [0.25, 0.3) is 5.56 Å². The molecule has 2 fully saturated rings. The number of carbonyl (C=O) groups excluding carboxylic acids is 1. The van der Waals surface area contributed by atoms with Gasteiger partial charge >= 0.3 is 0 Å². The van der Waals surface area contributed by atoms with Crippen molar-refractivity contribution < 1.29 is 4.79 Å². The molecule has 4 rings (SSSR count). The number of rotatable bonds is 6. The number of carbonyl (C=O) groups is 1. The first-order valence-electron chi connectivity index (χ1n) is 9.17. The average molecular weight is 365 g/mol. The number of H-pyrrole nitrogens is 1. The van der Waals surface area contributed by atoms with Gasteiger partial charge in [-0.25, -0.2) is 4.98 Å². The monoisotopic (exact) mass is 365 g/mol. The first-order valence-corrected chi connectivity index (χ1v) is 9.17. The van der Waals surface area contributed by atoms with Crippen LogP contribution in [-0.2, 0) is 4.79 Å². The van der Waals surface area contributed by atoms with Crippen molar-refractivity contribution in [3.63, 3.8) is 0 Å². The summed E-state index contributed by atoms with van der Waals surface area (Å²) in [7, 11) is 1.83. The lowest BCUT2D eigenvalue weighted by molar-refractivity contribution is -0.130. The van der Waals surface area contributed by atoms with Crippen molar-refractivity contribution in [3.05, 3.63) is 53.6 Å². The molecule has 140 valence electrons. The number of nitrogens with zero attached hydrogens (tertiary/aromatic N) is 3. The molecule has 2 N–H and O–H groups in total. The molecule has 2 aromatic rings. The van der Waals surface area contributed by atoms with Gasteiger partial charge in [0.1, 0.15) is 11.5 Å². The second kappa shape index (κ2) is 6.90. The summed E-state index contributed by atoms with van der Waals surface area (Å²) in [6, 6.07) is 6.37. The molecule has 1 amide bonds. The maximum Gasteiger partial charge on any atom is 0.271 e. The summed E-state index contributed by atoms with van der Waals surface area (Å²) < 4.78 is 0. The first-order chi connectivity index (χ1) is 13.1. The van der Waals surface area contributed by atoms with E-state index in [-0.39, 0.29) is 17.5 Å². The van der Waals surface area contributed by atoms with E-state index in [1.807, 2.05) is 25.2 Å². The second-order valence-corrected chi connectivity index (χ2v) is 7.02. The third kappa shape index (κ3) is 3.32. The van der Waals surface area contributed by atoms with E-state index in [9.17, 15) is 9.59 Å². The summed E-state index contributed by atoms with van der Waals surface area (Å²) in [5, 5.41) is 3.03. The van der Waals surface area contributed by atoms with Gasteiger partial charge in [-0.2, -0.15) is 0 Å². The second-order valence-electron chi connectivity index (χ2n) is 7.02. The lowest BCUT2D eigenvalue weighted by Gasteiger charge is -2.46. The minimum atomic E-state index is -0.0953. The number of amides is 1. The van der Waals surface area contributed by atoms with Crippen LogP contribution < -0.4 is 15.8 Å². The highest BCUT2D eigenvalue weighted by Gasteiger charge is 2.41. The first kappa shape index (κ1) is 17.3. The van der Waals surface area contributed by atoms with E-state index in [1.54, 1.807) is 17.3 Å². The molecular weight excluding hydrogens is 342 g/mol. The summed E-state index contributed by atoms with van der Waals surface area (Å²) in [5.74, 6) is 0.720. The SMILES string of the molecule is C=CC(=O)N1CC(N(c2cc(-c3ccnc(NC)c3)c[nH]c2=O)C2CC2)C1. The van der Waals surface area contributed by atoms with E-state index in [1.165, 1.54) is 6.08 Å². The fourth-order valence-electron chi connectivity index (χ4n) is 3.56. The Morgan fingerprint density at radius 1 is 1.33 bits per heavy atom. The maximum absolute atomic E-state index is 12.6. The van der Waals surface area contributed by atoms with Crippen LogP contribution in [-0.4, -0.2) is 53.0 Å². The van der Waals surface area contributed by atoms with Gasteiger partial charge in [0, 0.05) is 44.1 Å². The molecule has 0 spiro atoms. The van der Waals surface area contributed by atoms with Crippen LogP contribution in [0.5, 0.6) is 0 Å². The highest BCUT2D eigenvalue weighted by atomic mass is 16.2. The van der Waals surface area contributed by atoms with Crippen molar-refractivity contribution in [1.29, 1.82) is 0 Å². The highest BCUT2D eigenvalue weighted by Crippen LogP contribution is 2.35. The van der Waals surface area contributed by atoms with Crippen molar-refractivity contribution in [2.75, 3.05) is 30.4 Å². The lowest BCUT2D eigenvalue weighted by atomic mass is 10.0. The Kier molecular flexibility index (Phi) is 4.43. The largest absolute Gasteiger partial charge is 0.373 e. The van der Waals surface area contributed by atoms with Gasteiger partial charge in [-0.3, -0.25) is 9.59 Å². The van der Waals surface area contributed by atoms with Crippen molar-refractivity contribution in [1.82, 2.24) is 14.9 Å².